The SMILES string of the molecule is CCNC(CSc1cccc(C)c1)C1CCCCCC1. The summed E-state index contributed by atoms with van der Waals surface area (Å²) in [4.78, 5) is 1.42. The standard InChI is InChI=1S/C18H29NS/c1-3-19-18(16-10-6-4-5-7-11-16)14-20-17-12-8-9-15(2)13-17/h8-9,12-13,16,18-19H,3-7,10-11,14H2,1-2H3. The average molecular weight is 292 g/mol. The third-order valence-electron chi connectivity index (χ3n) is 4.35. The first-order valence-electron chi connectivity index (χ1n) is 8.22. The minimum absolute atomic E-state index is 0.684. The number of aryl methyl sites for hydroxylation is 1. The fourth-order valence-electron chi connectivity index (χ4n) is 3.23. The summed E-state index contributed by atoms with van der Waals surface area (Å²) in [6, 6.07) is 9.58. The van der Waals surface area contributed by atoms with Crippen molar-refractivity contribution in [1.29, 1.82) is 0 Å². The molecule has 2 heteroatoms. The third-order valence-corrected chi connectivity index (χ3v) is 5.47. The van der Waals surface area contributed by atoms with Crippen LogP contribution in [0.5, 0.6) is 0 Å². The Hall–Kier alpha value is -0.470. The predicted octanol–water partition coefficient (Wildman–Crippen LogP) is 5.04. The molecule has 0 aliphatic heterocycles. The molecule has 0 saturated heterocycles. The summed E-state index contributed by atoms with van der Waals surface area (Å²) >= 11 is 2.02. The van der Waals surface area contributed by atoms with Crippen LogP contribution in [-0.4, -0.2) is 18.3 Å². The first-order chi connectivity index (χ1) is 9.79. The summed E-state index contributed by atoms with van der Waals surface area (Å²) in [5.74, 6) is 2.09. The molecule has 2 rings (SSSR count). The van der Waals surface area contributed by atoms with Crippen LogP contribution in [0.15, 0.2) is 29.2 Å². The Kier molecular flexibility index (Phi) is 6.95. The molecule has 20 heavy (non-hydrogen) atoms. The van der Waals surface area contributed by atoms with Crippen molar-refractivity contribution >= 4 is 11.8 Å². The maximum absolute atomic E-state index is 3.74. The Morgan fingerprint density at radius 3 is 2.60 bits per heavy atom. The van der Waals surface area contributed by atoms with Crippen LogP contribution in [0, 0.1) is 12.8 Å². The molecule has 0 spiro atoms. The van der Waals surface area contributed by atoms with Crippen molar-refractivity contribution in [1.82, 2.24) is 5.32 Å². The molecule has 1 aromatic carbocycles. The van der Waals surface area contributed by atoms with Gasteiger partial charge in [-0.25, -0.2) is 0 Å². The molecule has 1 saturated carbocycles. The van der Waals surface area contributed by atoms with Crippen molar-refractivity contribution in [3.63, 3.8) is 0 Å². The molecule has 112 valence electrons. The summed E-state index contributed by atoms with van der Waals surface area (Å²) in [6.45, 7) is 5.51. The van der Waals surface area contributed by atoms with Crippen LogP contribution in [0.25, 0.3) is 0 Å². The highest BCUT2D eigenvalue weighted by atomic mass is 32.2. The van der Waals surface area contributed by atoms with Crippen LogP contribution in [0.2, 0.25) is 0 Å². The van der Waals surface area contributed by atoms with Gasteiger partial charge in [-0.2, -0.15) is 0 Å². The van der Waals surface area contributed by atoms with E-state index in [9.17, 15) is 0 Å². The zero-order valence-electron chi connectivity index (χ0n) is 13.0. The minimum Gasteiger partial charge on any atom is -0.313 e. The quantitative estimate of drug-likeness (QED) is 0.582. The lowest BCUT2D eigenvalue weighted by Crippen LogP contribution is -2.38. The van der Waals surface area contributed by atoms with Gasteiger partial charge in [-0.3, -0.25) is 0 Å². The van der Waals surface area contributed by atoms with Crippen molar-refractivity contribution in [2.24, 2.45) is 5.92 Å². The minimum atomic E-state index is 0.684. The second-order valence-electron chi connectivity index (χ2n) is 6.04. The number of hydrogen-bond acceptors (Lipinski definition) is 2. The van der Waals surface area contributed by atoms with Gasteiger partial charge in [-0.15, -0.1) is 11.8 Å². The fraction of sp³-hybridized carbons (Fsp3) is 0.667. The monoisotopic (exact) mass is 291 g/mol. The van der Waals surface area contributed by atoms with Gasteiger partial charge in [0.15, 0.2) is 0 Å². The van der Waals surface area contributed by atoms with E-state index in [0.717, 1.165) is 12.5 Å². The Balaban J connectivity index is 1.90. The van der Waals surface area contributed by atoms with E-state index >= 15 is 0 Å². The molecule has 0 heterocycles. The predicted molar refractivity (Wildman–Crippen MR) is 90.6 cm³/mol. The van der Waals surface area contributed by atoms with Gasteiger partial charge >= 0.3 is 0 Å². The molecule has 1 nitrogen and oxygen atoms in total. The number of rotatable bonds is 6. The smallest absolute Gasteiger partial charge is 0.0189 e. The van der Waals surface area contributed by atoms with Gasteiger partial charge in [0, 0.05) is 16.7 Å². The molecular weight excluding hydrogens is 262 g/mol. The highest BCUT2D eigenvalue weighted by molar-refractivity contribution is 7.99. The van der Waals surface area contributed by atoms with Crippen LogP contribution in [0.3, 0.4) is 0 Å². The summed E-state index contributed by atoms with van der Waals surface area (Å²) < 4.78 is 0. The number of nitrogens with one attached hydrogen (secondary N) is 1. The zero-order valence-corrected chi connectivity index (χ0v) is 13.8. The molecule has 1 aromatic rings. The summed E-state index contributed by atoms with van der Waals surface area (Å²) in [5, 5.41) is 3.74. The molecule has 0 aromatic heterocycles. The van der Waals surface area contributed by atoms with Gasteiger partial charge in [0.25, 0.3) is 0 Å². The van der Waals surface area contributed by atoms with Crippen molar-refractivity contribution in [3.05, 3.63) is 29.8 Å². The Morgan fingerprint density at radius 1 is 1.20 bits per heavy atom. The van der Waals surface area contributed by atoms with Gasteiger partial charge < -0.3 is 5.32 Å². The van der Waals surface area contributed by atoms with E-state index in [2.05, 4.69) is 43.4 Å². The molecule has 1 aliphatic carbocycles. The lowest BCUT2D eigenvalue weighted by Gasteiger charge is -2.26. The number of benzene rings is 1. The lowest BCUT2D eigenvalue weighted by atomic mass is 9.93. The molecule has 1 aliphatic rings. The van der Waals surface area contributed by atoms with Crippen molar-refractivity contribution in [2.45, 2.75) is 63.3 Å². The maximum Gasteiger partial charge on any atom is 0.0189 e. The Morgan fingerprint density at radius 2 is 1.95 bits per heavy atom. The molecule has 1 unspecified atom stereocenters. The van der Waals surface area contributed by atoms with Crippen molar-refractivity contribution < 1.29 is 0 Å². The zero-order chi connectivity index (χ0) is 14.2. The third kappa shape index (κ3) is 5.14. The van der Waals surface area contributed by atoms with E-state index in [-0.39, 0.29) is 0 Å². The molecular formula is C18H29NS. The highest BCUT2D eigenvalue weighted by Gasteiger charge is 2.22. The number of thioether (sulfide) groups is 1. The van der Waals surface area contributed by atoms with Crippen LogP contribution in [0.1, 0.15) is 51.0 Å². The van der Waals surface area contributed by atoms with Gasteiger partial charge in [-0.05, 0) is 44.4 Å². The van der Waals surface area contributed by atoms with E-state index in [1.54, 1.807) is 0 Å². The van der Waals surface area contributed by atoms with Gasteiger partial charge in [0.2, 0.25) is 0 Å². The van der Waals surface area contributed by atoms with E-state index in [1.165, 1.54) is 54.7 Å². The highest BCUT2D eigenvalue weighted by Crippen LogP contribution is 2.29. The van der Waals surface area contributed by atoms with Crippen LogP contribution < -0.4 is 5.32 Å². The second kappa shape index (κ2) is 8.74. The van der Waals surface area contributed by atoms with Crippen LogP contribution in [0.4, 0.5) is 0 Å². The van der Waals surface area contributed by atoms with Gasteiger partial charge in [0.1, 0.15) is 0 Å². The maximum atomic E-state index is 3.74. The lowest BCUT2D eigenvalue weighted by molar-refractivity contribution is 0.347. The molecule has 1 atom stereocenters. The first kappa shape index (κ1) is 15.9. The van der Waals surface area contributed by atoms with Crippen LogP contribution in [-0.2, 0) is 0 Å². The fourth-order valence-corrected chi connectivity index (χ4v) is 4.43. The average Bonchev–Trinajstić information content (AvgIpc) is 2.72. The Labute approximate surface area is 128 Å². The van der Waals surface area contributed by atoms with E-state index in [4.69, 9.17) is 0 Å². The summed E-state index contributed by atoms with van der Waals surface area (Å²) in [7, 11) is 0. The van der Waals surface area contributed by atoms with Crippen molar-refractivity contribution in [2.75, 3.05) is 12.3 Å². The largest absolute Gasteiger partial charge is 0.313 e. The molecule has 0 radical (unpaired) electrons. The molecule has 1 fully saturated rings. The Bertz CT molecular complexity index is 383. The van der Waals surface area contributed by atoms with Crippen molar-refractivity contribution in [3.8, 4) is 0 Å². The first-order valence-corrected chi connectivity index (χ1v) is 9.21. The van der Waals surface area contributed by atoms with Gasteiger partial charge in [-0.1, -0.05) is 50.3 Å². The normalized spacial score (nSPS) is 18.7. The van der Waals surface area contributed by atoms with Crippen LogP contribution >= 0.6 is 11.8 Å². The molecule has 0 bridgehead atoms. The number of hydrogen-bond donors (Lipinski definition) is 1. The molecule has 1 N–H and O–H groups in total. The summed E-state index contributed by atoms with van der Waals surface area (Å²) in [6.07, 6.45) is 8.60. The van der Waals surface area contributed by atoms with E-state index in [0.29, 0.717) is 6.04 Å². The van der Waals surface area contributed by atoms with E-state index < -0.39 is 0 Å². The topological polar surface area (TPSA) is 12.0 Å². The summed E-state index contributed by atoms with van der Waals surface area (Å²) in [5.41, 5.74) is 1.37. The molecule has 0 amide bonds. The van der Waals surface area contributed by atoms with E-state index in [1.807, 2.05) is 11.8 Å². The van der Waals surface area contributed by atoms with Gasteiger partial charge in [0.05, 0.1) is 0 Å². The second-order valence-corrected chi connectivity index (χ2v) is 7.14.